The summed E-state index contributed by atoms with van der Waals surface area (Å²) in [7, 11) is 0. The van der Waals surface area contributed by atoms with E-state index in [1.807, 2.05) is 0 Å². The van der Waals surface area contributed by atoms with Crippen molar-refractivity contribution in [1.82, 2.24) is 9.80 Å². The fourth-order valence-electron chi connectivity index (χ4n) is 2.63. The van der Waals surface area contributed by atoms with Crippen molar-refractivity contribution >= 4 is 5.91 Å². The highest BCUT2D eigenvalue weighted by Gasteiger charge is 2.23. The van der Waals surface area contributed by atoms with Crippen LogP contribution in [-0.4, -0.2) is 41.9 Å². The maximum absolute atomic E-state index is 13.2. The van der Waals surface area contributed by atoms with E-state index >= 15 is 0 Å². The lowest BCUT2D eigenvalue weighted by atomic mass is 10.2. The third kappa shape index (κ3) is 3.33. The largest absolute Gasteiger partial charge is 0.459 e. The number of carbonyl (C=O) groups is 1. The summed E-state index contributed by atoms with van der Waals surface area (Å²) >= 11 is 0. The van der Waals surface area contributed by atoms with Gasteiger partial charge in [0.1, 0.15) is 11.6 Å². The van der Waals surface area contributed by atoms with Crippen molar-refractivity contribution in [3.63, 3.8) is 0 Å². The summed E-state index contributed by atoms with van der Waals surface area (Å²) in [5, 5.41) is 0. The molecule has 6 heteroatoms. The highest BCUT2D eigenvalue weighted by atomic mass is 19.1. The fraction of sp³-hybridized carbons (Fsp3) is 0.312. The molecule has 0 N–H and O–H groups in total. The van der Waals surface area contributed by atoms with Gasteiger partial charge in [0.15, 0.2) is 5.76 Å². The molecule has 0 atom stereocenters. The van der Waals surface area contributed by atoms with Crippen LogP contribution >= 0.6 is 0 Å². The number of benzene rings is 1. The van der Waals surface area contributed by atoms with E-state index in [9.17, 15) is 13.6 Å². The molecule has 0 saturated carbocycles. The van der Waals surface area contributed by atoms with Gasteiger partial charge in [-0.3, -0.25) is 9.69 Å². The van der Waals surface area contributed by atoms with Crippen LogP contribution in [0.15, 0.2) is 41.0 Å². The average Bonchev–Trinajstić information content (AvgIpc) is 3.00. The van der Waals surface area contributed by atoms with Crippen LogP contribution in [0.5, 0.6) is 0 Å². The van der Waals surface area contributed by atoms with Gasteiger partial charge in [-0.25, -0.2) is 8.78 Å². The molecule has 22 heavy (non-hydrogen) atoms. The third-order valence-electron chi connectivity index (χ3n) is 3.72. The molecule has 1 saturated heterocycles. The number of nitrogens with zero attached hydrogens (tertiary/aromatic N) is 2. The Bertz CT molecular complexity index is 630. The summed E-state index contributed by atoms with van der Waals surface area (Å²) in [6.45, 7) is 2.92. The van der Waals surface area contributed by atoms with Crippen LogP contribution in [0.3, 0.4) is 0 Å². The van der Waals surface area contributed by atoms with Crippen LogP contribution in [0.1, 0.15) is 16.1 Å². The van der Waals surface area contributed by atoms with Gasteiger partial charge in [-0.1, -0.05) is 0 Å². The highest BCUT2D eigenvalue weighted by molar-refractivity contribution is 5.91. The highest BCUT2D eigenvalue weighted by Crippen LogP contribution is 2.14. The van der Waals surface area contributed by atoms with Crippen molar-refractivity contribution in [1.29, 1.82) is 0 Å². The molecule has 1 aromatic carbocycles. The first kappa shape index (κ1) is 14.7. The Morgan fingerprint density at radius 1 is 1.09 bits per heavy atom. The zero-order chi connectivity index (χ0) is 15.5. The topological polar surface area (TPSA) is 36.7 Å². The SMILES string of the molecule is O=C(c1ccco1)N1CCN(Cc2cc(F)cc(F)c2)CC1. The minimum Gasteiger partial charge on any atom is -0.459 e. The quantitative estimate of drug-likeness (QED) is 0.874. The minimum absolute atomic E-state index is 0.124. The second-order valence-corrected chi connectivity index (χ2v) is 5.32. The Hall–Kier alpha value is -2.21. The Morgan fingerprint density at radius 2 is 1.77 bits per heavy atom. The van der Waals surface area contributed by atoms with Crippen LogP contribution in [0.25, 0.3) is 0 Å². The number of piperazine rings is 1. The van der Waals surface area contributed by atoms with Gasteiger partial charge in [0.25, 0.3) is 5.91 Å². The molecule has 1 aliphatic rings. The van der Waals surface area contributed by atoms with Crippen LogP contribution in [0.2, 0.25) is 0 Å². The lowest BCUT2D eigenvalue weighted by Crippen LogP contribution is -2.48. The smallest absolute Gasteiger partial charge is 0.289 e. The van der Waals surface area contributed by atoms with E-state index in [2.05, 4.69) is 4.90 Å². The van der Waals surface area contributed by atoms with Gasteiger partial charge in [0.2, 0.25) is 0 Å². The van der Waals surface area contributed by atoms with Gasteiger partial charge in [0.05, 0.1) is 6.26 Å². The van der Waals surface area contributed by atoms with Crippen molar-refractivity contribution in [3.05, 3.63) is 59.6 Å². The zero-order valence-electron chi connectivity index (χ0n) is 12.0. The summed E-state index contributed by atoms with van der Waals surface area (Å²) in [4.78, 5) is 15.9. The number of rotatable bonds is 3. The van der Waals surface area contributed by atoms with Crippen molar-refractivity contribution < 1.29 is 18.0 Å². The normalized spacial score (nSPS) is 16.0. The first-order valence-corrected chi connectivity index (χ1v) is 7.12. The molecule has 0 aliphatic carbocycles. The zero-order valence-corrected chi connectivity index (χ0v) is 12.0. The van der Waals surface area contributed by atoms with E-state index in [4.69, 9.17) is 4.42 Å². The number of hydrogen-bond acceptors (Lipinski definition) is 3. The van der Waals surface area contributed by atoms with Crippen molar-refractivity contribution in [2.45, 2.75) is 6.54 Å². The predicted octanol–water partition coefficient (Wildman–Crippen LogP) is 2.52. The molecular formula is C16H16F2N2O2. The average molecular weight is 306 g/mol. The van der Waals surface area contributed by atoms with Crippen LogP contribution in [0, 0.1) is 11.6 Å². The molecule has 3 rings (SSSR count). The minimum atomic E-state index is -0.568. The molecule has 2 aromatic rings. The summed E-state index contributed by atoms with van der Waals surface area (Å²) in [5.74, 6) is -0.926. The van der Waals surface area contributed by atoms with Gasteiger partial charge in [0, 0.05) is 38.8 Å². The molecule has 4 nitrogen and oxygen atoms in total. The van der Waals surface area contributed by atoms with E-state index < -0.39 is 11.6 Å². The van der Waals surface area contributed by atoms with Crippen molar-refractivity contribution in [3.8, 4) is 0 Å². The van der Waals surface area contributed by atoms with Gasteiger partial charge >= 0.3 is 0 Å². The van der Waals surface area contributed by atoms with Gasteiger partial charge in [-0.2, -0.15) is 0 Å². The van der Waals surface area contributed by atoms with Gasteiger partial charge in [-0.05, 0) is 29.8 Å². The number of hydrogen-bond donors (Lipinski definition) is 0. The number of carbonyl (C=O) groups excluding carboxylic acids is 1. The van der Waals surface area contributed by atoms with E-state index in [1.54, 1.807) is 17.0 Å². The number of amides is 1. The second-order valence-electron chi connectivity index (χ2n) is 5.32. The predicted molar refractivity (Wildman–Crippen MR) is 76.2 cm³/mol. The lowest BCUT2D eigenvalue weighted by molar-refractivity contribution is 0.0597. The molecule has 1 aromatic heterocycles. The Kier molecular flexibility index (Phi) is 4.20. The third-order valence-corrected chi connectivity index (χ3v) is 3.72. The van der Waals surface area contributed by atoms with E-state index in [1.165, 1.54) is 18.4 Å². The summed E-state index contributed by atoms with van der Waals surface area (Å²) in [6.07, 6.45) is 1.47. The van der Waals surface area contributed by atoms with E-state index in [-0.39, 0.29) is 5.91 Å². The Labute approximate surface area is 126 Å². The number of furan rings is 1. The molecule has 1 fully saturated rings. The van der Waals surface area contributed by atoms with Crippen molar-refractivity contribution in [2.24, 2.45) is 0 Å². The first-order valence-electron chi connectivity index (χ1n) is 7.12. The van der Waals surface area contributed by atoms with Crippen LogP contribution in [-0.2, 0) is 6.54 Å². The molecule has 116 valence electrons. The maximum atomic E-state index is 13.2. The Morgan fingerprint density at radius 3 is 2.36 bits per heavy atom. The molecule has 1 aliphatic heterocycles. The molecule has 0 bridgehead atoms. The maximum Gasteiger partial charge on any atom is 0.289 e. The molecule has 0 spiro atoms. The fourth-order valence-corrected chi connectivity index (χ4v) is 2.63. The molecule has 0 radical (unpaired) electrons. The second kappa shape index (κ2) is 6.27. The molecular weight excluding hydrogens is 290 g/mol. The summed E-state index contributed by atoms with van der Waals surface area (Å²) < 4.78 is 31.5. The monoisotopic (exact) mass is 306 g/mol. The molecule has 0 unspecified atom stereocenters. The summed E-state index contributed by atoms with van der Waals surface area (Å²) in [5.41, 5.74) is 0.600. The van der Waals surface area contributed by atoms with E-state index in [0.29, 0.717) is 44.0 Å². The molecule has 1 amide bonds. The standard InChI is InChI=1S/C16H16F2N2O2/c17-13-8-12(9-14(18)10-13)11-19-3-5-20(6-4-19)16(21)15-2-1-7-22-15/h1-2,7-10H,3-6,11H2. The Balaban J connectivity index is 1.56. The first-order chi connectivity index (χ1) is 10.6. The van der Waals surface area contributed by atoms with Gasteiger partial charge in [-0.15, -0.1) is 0 Å². The number of halogens is 2. The molecule has 2 heterocycles. The van der Waals surface area contributed by atoms with Gasteiger partial charge < -0.3 is 9.32 Å². The van der Waals surface area contributed by atoms with Crippen molar-refractivity contribution in [2.75, 3.05) is 26.2 Å². The lowest BCUT2D eigenvalue weighted by Gasteiger charge is -2.34. The van der Waals surface area contributed by atoms with E-state index in [0.717, 1.165) is 6.07 Å². The summed E-state index contributed by atoms with van der Waals surface area (Å²) in [6, 6.07) is 6.86. The van der Waals surface area contributed by atoms with Crippen LogP contribution < -0.4 is 0 Å². The van der Waals surface area contributed by atoms with Crippen LogP contribution in [0.4, 0.5) is 8.78 Å².